The van der Waals surface area contributed by atoms with Crippen molar-refractivity contribution in [2.24, 2.45) is 0 Å². The largest absolute Gasteiger partial charge is 0.378 e. The van der Waals surface area contributed by atoms with Crippen molar-refractivity contribution >= 4 is 35.0 Å². The van der Waals surface area contributed by atoms with E-state index in [0.29, 0.717) is 35.4 Å². The highest BCUT2D eigenvalue weighted by atomic mass is 35.5. The van der Waals surface area contributed by atoms with Gasteiger partial charge < -0.3 is 15.4 Å². The maximum atomic E-state index is 12.4. The zero-order valence-corrected chi connectivity index (χ0v) is 13.4. The van der Waals surface area contributed by atoms with Gasteiger partial charge in [-0.2, -0.15) is 0 Å². The van der Waals surface area contributed by atoms with Crippen LogP contribution < -0.4 is 10.6 Å². The first-order valence-electron chi connectivity index (χ1n) is 6.86. The molecule has 122 valence electrons. The molecule has 1 aromatic carbocycles. The number of morpholine rings is 1. The van der Waals surface area contributed by atoms with Crippen LogP contribution in [0.4, 0.5) is 14.5 Å². The first-order chi connectivity index (χ1) is 10.6. The molecule has 2 rings (SSSR count). The molecule has 0 radical (unpaired) electrons. The zero-order valence-electron chi connectivity index (χ0n) is 11.8. The molecular weight excluding hydrogens is 334 g/mol. The van der Waals surface area contributed by atoms with Gasteiger partial charge in [0.2, 0.25) is 12.3 Å². The van der Waals surface area contributed by atoms with Crippen molar-refractivity contribution in [3.05, 3.63) is 23.2 Å². The Morgan fingerprint density at radius 3 is 3.05 bits per heavy atom. The SMILES string of the molecule is O=C(CC1COCCN1)Nc1cccc(Cl)c1SCC(F)F. The summed E-state index contributed by atoms with van der Waals surface area (Å²) in [6.45, 7) is 1.83. The second kappa shape index (κ2) is 8.67. The molecule has 8 heteroatoms. The van der Waals surface area contributed by atoms with Crippen molar-refractivity contribution in [2.75, 3.05) is 30.8 Å². The van der Waals surface area contributed by atoms with Gasteiger partial charge in [0.25, 0.3) is 0 Å². The summed E-state index contributed by atoms with van der Waals surface area (Å²) in [5.74, 6) is -0.575. The van der Waals surface area contributed by atoms with Crippen molar-refractivity contribution in [1.29, 1.82) is 0 Å². The molecule has 1 amide bonds. The number of nitrogens with one attached hydrogen (secondary N) is 2. The Balaban J connectivity index is 1.98. The summed E-state index contributed by atoms with van der Waals surface area (Å²) in [5.41, 5.74) is 0.458. The average molecular weight is 351 g/mol. The fourth-order valence-corrected chi connectivity index (χ4v) is 3.19. The normalized spacial score (nSPS) is 18.5. The quantitative estimate of drug-likeness (QED) is 0.774. The number of hydrogen-bond donors (Lipinski definition) is 2. The number of carbonyl (C=O) groups excluding carboxylic acids is 1. The van der Waals surface area contributed by atoms with E-state index in [4.69, 9.17) is 16.3 Å². The summed E-state index contributed by atoms with van der Waals surface area (Å²) in [7, 11) is 0. The molecule has 1 heterocycles. The number of rotatable bonds is 6. The zero-order chi connectivity index (χ0) is 15.9. The van der Waals surface area contributed by atoms with Crippen LogP contribution >= 0.6 is 23.4 Å². The Labute approximate surface area is 136 Å². The fourth-order valence-electron chi connectivity index (χ4n) is 2.08. The number of anilines is 1. The van der Waals surface area contributed by atoms with Crippen LogP contribution in [0.25, 0.3) is 0 Å². The minimum atomic E-state index is -2.44. The van der Waals surface area contributed by atoms with Crippen LogP contribution in [-0.2, 0) is 9.53 Å². The molecule has 1 unspecified atom stereocenters. The Morgan fingerprint density at radius 2 is 2.36 bits per heavy atom. The van der Waals surface area contributed by atoms with Gasteiger partial charge in [-0.15, -0.1) is 11.8 Å². The molecule has 1 atom stereocenters. The Kier molecular flexibility index (Phi) is 6.88. The second-order valence-electron chi connectivity index (χ2n) is 4.80. The highest BCUT2D eigenvalue weighted by Gasteiger charge is 2.18. The highest BCUT2D eigenvalue weighted by Crippen LogP contribution is 2.35. The standard InChI is InChI=1S/C14H17ClF2N2O2S/c15-10-2-1-3-11(14(10)22-8-12(16)17)19-13(20)6-9-7-21-5-4-18-9/h1-3,9,12,18H,4-8H2,(H,19,20). The molecule has 0 aromatic heterocycles. The van der Waals surface area contributed by atoms with Gasteiger partial charge in [-0.25, -0.2) is 8.78 Å². The Bertz CT molecular complexity index is 514. The Morgan fingerprint density at radius 1 is 1.55 bits per heavy atom. The molecule has 0 bridgehead atoms. The van der Waals surface area contributed by atoms with E-state index in [1.165, 1.54) is 0 Å². The lowest BCUT2D eigenvalue weighted by Crippen LogP contribution is -2.43. The average Bonchev–Trinajstić information content (AvgIpc) is 2.47. The third kappa shape index (κ3) is 5.39. The van der Waals surface area contributed by atoms with Gasteiger partial charge in [-0.1, -0.05) is 17.7 Å². The van der Waals surface area contributed by atoms with E-state index in [9.17, 15) is 13.6 Å². The first kappa shape index (κ1) is 17.5. The predicted molar refractivity (Wildman–Crippen MR) is 84.0 cm³/mol. The number of benzene rings is 1. The molecule has 1 aromatic rings. The molecular formula is C14H17ClF2N2O2S. The van der Waals surface area contributed by atoms with Gasteiger partial charge in [0.05, 0.1) is 29.7 Å². The first-order valence-corrected chi connectivity index (χ1v) is 8.23. The third-order valence-corrected chi connectivity index (χ3v) is 4.60. The molecule has 1 saturated heterocycles. The molecule has 4 nitrogen and oxygen atoms in total. The van der Waals surface area contributed by atoms with Crippen LogP contribution in [0.15, 0.2) is 23.1 Å². The molecule has 1 aliphatic heterocycles. The summed E-state index contributed by atoms with van der Waals surface area (Å²) in [4.78, 5) is 12.5. The number of halogens is 3. The van der Waals surface area contributed by atoms with Crippen LogP contribution in [0.5, 0.6) is 0 Å². The number of alkyl halides is 2. The second-order valence-corrected chi connectivity index (χ2v) is 6.23. The number of amides is 1. The molecule has 1 fully saturated rings. The van der Waals surface area contributed by atoms with E-state index < -0.39 is 6.43 Å². The van der Waals surface area contributed by atoms with Crippen molar-refractivity contribution in [3.8, 4) is 0 Å². The lowest BCUT2D eigenvalue weighted by molar-refractivity contribution is -0.117. The number of carbonyl (C=O) groups is 1. The Hall–Kier alpha value is -0.890. The summed E-state index contributed by atoms with van der Waals surface area (Å²) < 4.78 is 30.1. The lowest BCUT2D eigenvalue weighted by atomic mass is 10.2. The maximum Gasteiger partial charge on any atom is 0.247 e. The van der Waals surface area contributed by atoms with Gasteiger partial charge in [-0.3, -0.25) is 4.79 Å². The summed E-state index contributed by atoms with van der Waals surface area (Å²) in [6, 6.07) is 4.90. The van der Waals surface area contributed by atoms with Gasteiger partial charge >= 0.3 is 0 Å². The molecule has 2 N–H and O–H groups in total. The monoisotopic (exact) mass is 350 g/mol. The van der Waals surface area contributed by atoms with Crippen molar-refractivity contribution in [3.63, 3.8) is 0 Å². The predicted octanol–water partition coefficient (Wildman–Crippen LogP) is 3.01. The van der Waals surface area contributed by atoms with E-state index >= 15 is 0 Å². The van der Waals surface area contributed by atoms with Crippen LogP contribution in [-0.4, -0.2) is 43.9 Å². The van der Waals surface area contributed by atoms with Crippen molar-refractivity contribution in [1.82, 2.24) is 5.32 Å². The van der Waals surface area contributed by atoms with Gasteiger partial charge in [0.15, 0.2) is 0 Å². The van der Waals surface area contributed by atoms with Crippen LogP contribution in [0, 0.1) is 0 Å². The maximum absolute atomic E-state index is 12.4. The minimum absolute atomic E-state index is 0.0369. The van der Waals surface area contributed by atoms with E-state index in [0.717, 1.165) is 11.8 Å². The van der Waals surface area contributed by atoms with Gasteiger partial charge in [-0.05, 0) is 12.1 Å². The summed E-state index contributed by atoms with van der Waals surface area (Å²) in [5, 5.41) is 6.27. The minimum Gasteiger partial charge on any atom is -0.378 e. The molecule has 0 saturated carbocycles. The summed E-state index contributed by atoms with van der Waals surface area (Å²) in [6.07, 6.45) is -2.18. The molecule has 0 spiro atoms. The number of ether oxygens (including phenoxy) is 1. The lowest BCUT2D eigenvalue weighted by Gasteiger charge is -2.23. The van der Waals surface area contributed by atoms with Crippen LogP contribution in [0.3, 0.4) is 0 Å². The molecule has 22 heavy (non-hydrogen) atoms. The van der Waals surface area contributed by atoms with Gasteiger partial charge in [0.1, 0.15) is 0 Å². The molecule has 0 aliphatic carbocycles. The van der Waals surface area contributed by atoms with Crippen LogP contribution in [0.2, 0.25) is 5.02 Å². The van der Waals surface area contributed by atoms with E-state index in [2.05, 4.69) is 10.6 Å². The van der Waals surface area contributed by atoms with Gasteiger partial charge in [0, 0.05) is 23.9 Å². The van der Waals surface area contributed by atoms with E-state index in [-0.39, 0.29) is 24.1 Å². The fraction of sp³-hybridized carbons (Fsp3) is 0.500. The third-order valence-electron chi connectivity index (χ3n) is 3.02. The van der Waals surface area contributed by atoms with E-state index in [1.807, 2.05) is 0 Å². The number of hydrogen-bond acceptors (Lipinski definition) is 4. The molecule has 1 aliphatic rings. The van der Waals surface area contributed by atoms with Crippen molar-refractivity contribution < 1.29 is 18.3 Å². The van der Waals surface area contributed by atoms with E-state index in [1.54, 1.807) is 18.2 Å². The number of thioether (sulfide) groups is 1. The smallest absolute Gasteiger partial charge is 0.247 e. The summed E-state index contributed by atoms with van der Waals surface area (Å²) >= 11 is 6.97. The van der Waals surface area contributed by atoms with Crippen molar-refractivity contribution in [2.45, 2.75) is 23.8 Å². The highest BCUT2D eigenvalue weighted by molar-refractivity contribution is 7.99. The topological polar surface area (TPSA) is 50.4 Å². The van der Waals surface area contributed by atoms with Crippen LogP contribution in [0.1, 0.15) is 6.42 Å².